The highest BCUT2D eigenvalue weighted by Gasteiger charge is 2.22. The van der Waals surface area contributed by atoms with Crippen LogP contribution in [0, 0.1) is 39.4 Å². The molecule has 4 N–H and O–H groups in total. The topological polar surface area (TPSA) is 133 Å². The lowest BCUT2D eigenvalue weighted by Crippen LogP contribution is -3.00. The first-order valence-electron chi connectivity index (χ1n) is 23.2. The van der Waals surface area contributed by atoms with Gasteiger partial charge >= 0.3 is 17.5 Å². The van der Waals surface area contributed by atoms with Gasteiger partial charge in [-0.05, 0) is 139 Å². The highest BCUT2D eigenvalue weighted by atomic mass is 127. The fourth-order valence-corrected chi connectivity index (χ4v) is 6.93. The number of rotatable bonds is 20. The summed E-state index contributed by atoms with van der Waals surface area (Å²) in [5, 5.41) is 16.9. The number of quaternary nitrogens is 1. The molecule has 0 bridgehead atoms. The molecule has 0 unspecified atom stereocenters. The lowest BCUT2D eigenvalue weighted by Gasteiger charge is -2.33. The zero-order valence-corrected chi connectivity index (χ0v) is 49.2. The van der Waals surface area contributed by atoms with Crippen LogP contribution in [0.15, 0.2) is 105 Å². The molecule has 0 amide bonds. The number of hydrogen-bond acceptors (Lipinski definition) is 10. The summed E-state index contributed by atoms with van der Waals surface area (Å²) in [6.07, 6.45) is 14.3. The minimum atomic E-state index is 0. The Morgan fingerprint density at radius 3 is 1.25 bits per heavy atom. The molecule has 0 fully saturated rings. The molecule has 0 aliphatic carbocycles. The van der Waals surface area contributed by atoms with Crippen LogP contribution in [-0.4, -0.2) is 166 Å². The minimum absolute atomic E-state index is 0. The van der Waals surface area contributed by atoms with Gasteiger partial charge in [0.25, 0.3) is 0 Å². The second-order valence-corrected chi connectivity index (χ2v) is 18.3. The summed E-state index contributed by atoms with van der Waals surface area (Å²) in [5.74, 6) is 1.77. The normalized spacial score (nSPS) is 13.5. The number of nitrogens with zero attached hydrogens (tertiary/aromatic N) is 11. The lowest BCUT2D eigenvalue weighted by atomic mass is 10.1. The highest BCUT2D eigenvalue weighted by molar-refractivity contribution is 14.1. The van der Waals surface area contributed by atoms with E-state index in [4.69, 9.17) is 69.6 Å². The fourth-order valence-electron chi connectivity index (χ4n) is 6.62. The summed E-state index contributed by atoms with van der Waals surface area (Å²) < 4.78 is 17.3. The second kappa shape index (κ2) is 42.6. The second-order valence-electron chi connectivity index (χ2n) is 17.3. The van der Waals surface area contributed by atoms with Crippen molar-refractivity contribution < 1.29 is 52.9 Å². The Bertz CT molecular complexity index is 2100. The average molecular weight is 1220 g/mol. The van der Waals surface area contributed by atoms with Crippen LogP contribution in [0.5, 0.6) is 0 Å². The van der Waals surface area contributed by atoms with E-state index in [1.54, 1.807) is 26.0 Å². The molecule has 19 heteroatoms. The van der Waals surface area contributed by atoms with E-state index in [9.17, 15) is 0 Å². The number of nitrogens with two attached hydrogens (primary N) is 1. The van der Waals surface area contributed by atoms with Crippen LogP contribution in [0.4, 0.5) is 0 Å². The SMILES string of the molecule is CN(C)CCCN.OCCOCCI.[C-]#[N+]C([N+]#[C-])=C1C=C(C)N(CCCN(C)C)C(C)=C1.[C-]#[N+]C([N+]#[C-])=C1C=C(C)N(CCC[N+](C)(C)CCOCCO)C(C)=C1.[C-]#[N+]C([N+]#[C-])=C1C=C(C)OC(C)=C1.[I-]. The molecule has 3 rings (SSSR count). The summed E-state index contributed by atoms with van der Waals surface area (Å²) in [4.78, 5) is 28.2. The molecule has 17 nitrogen and oxygen atoms in total. The quantitative estimate of drug-likeness (QED) is 0.0442. The number of aliphatic hydroxyl groups is 2. The maximum absolute atomic E-state index is 8.73. The first-order valence-corrected chi connectivity index (χ1v) is 24.8. The predicted octanol–water partition coefficient (Wildman–Crippen LogP) is 5.95. The summed E-state index contributed by atoms with van der Waals surface area (Å²) in [6, 6.07) is 0. The molecule has 0 spiro atoms. The minimum Gasteiger partial charge on any atom is -1.00 e. The van der Waals surface area contributed by atoms with Gasteiger partial charge in [-0.25, -0.2) is 0 Å². The molecule has 0 aromatic rings. The number of aliphatic hydroxyl groups excluding tert-OH is 2. The van der Waals surface area contributed by atoms with Crippen molar-refractivity contribution in [3.63, 3.8) is 0 Å². The molecular weight excluding hydrogens is 1140 g/mol. The first kappa shape index (κ1) is 71.4. The molecule has 0 saturated carbocycles. The van der Waals surface area contributed by atoms with E-state index in [2.05, 4.69) is 114 Å². The van der Waals surface area contributed by atoms with Crippen molar-refractivity contribution in [3.05, 3.63) is 173 Å². The Kier molecular flexibility index (Phi) is 42.3. The van der Waals surface area contributed by atoms with Crippen LogP contribution in [0.2, 0.25) is 0 Å². The molecule has 396 valence electrons. The molecule has 3 aliphatic heterocycles. The van der Waals surface area contributed by atoms with E-state index in [1.807, 2.05) is 52.0 Å². The molecule has 0 aromatic heterocycles. The van der Waals surface area contributed by atoms with E-state index in [-0.39, 0.29) is 54.7 Å². The summed E-state index contributed by atoms with van der Waals surface area (Å²) in [7, 11) is 12.6. The summed E-state index contributed by atoms with van der Waals surface area (Å²) >= 11 is 2.22. The number of ether oxygens (including phenoxy) is 3. The number of hydrogen-bond donors (Lipinski definition) is 3. The Morgan fingerprint density at radius 2 is 0.931 bits per heavy atom. The zero-order valence-electron chi connectivity index (χ0n) is 44.9. The maximum Gasteiger partial charge on any atom is 0.526 e. The van der Waals surface area contributed by atoms with E-state index >= 15 is 0 Å². The summed E-state index contributed by atoms with van der Waals surface area (Å²) in [6.45, 7) is 62.7. The van der Waals surface area contributed by atoms with Crippen molar-refractivity contribution >= 4 is 22.6 Å². The molecule has 3 aliphatic rings. The van der Waals surface area contributed by atoms with Crippen LogP contribution in [-0.2, 0) is 14.2 Å². The van der Waals surface area contributed by atoms with Crippen LogP contribution < -0.4 is 29.7 Å². The van der Waals surface area contributed by atoms with Gasteiger partial charge in [0.15, 0.2) is 0 Å². The number of halogens is 2. The zero-order chi connectivity index (χ0) is 54.4. The van der Waals surface area contributed by atoms with Crippen LogP contribution in [0.25, 0.3) is 29.1 Å². The van der Waals surface area contributed by atoms with Crippen molar-refractivity contribution in [1.29, 1.82) is 0 Å². The van der Waals surface area contributed by atoms with Crippen molar-refractivity contribution in [3.8, 4) is 0 Å². The van der Waals surface area contributed by atoms with Crippen molar-refractivity contribution in [2.24, 2.45) is 5.73 Å². The van der Waals surface area contributed by atoms with Gasteiger partial charge in [0.2, 0.25) is 0 Å². The molecule has 72 heavy (non-hydrogen) atoms. The predicted molar refractivity (Wildman–Crippen MR) is 294 cm³/mol. The Labute approximate surface area is 464 Å². The lowest BCUT2D eigenvalue weighted by molar-refractivity contribution is -0.890. The van der Waals surface area contributed by atoms with Crippen LogP contribution in [0.1, 0.15) is 60.8 Å². The van der Waals surface area contributed by atoms with E-state index in [0.717, 1.165) is 109 Å². The number of likely N-dealkylation sites (N-methyl/N-ethyl adjacent to an activating group) is 1. The van der Waals surface area contributed by atoms with Gasteiger partial charge in [0.1, 0.15) is 57.5 Å². The van der Waals surface area contributed by atoms with Gasteiger partial charge in [-0.2, -0.15) is 29.1 Å². The van der Waals surface area contributed by atoms with Crippen molar-refractivity contribution in [2.75, 3.05) is 132 Å². The van der Waals surface area contributed by atoms with E-state index in [1.165, 1.54) is 0 Å². The van der Waals surface area contributed by atoms with Gasteiger partial charge in [-0.15, -0.1) is 0 Å². The van der Waals surface area contributed by atoms with E-state index in [0.29, 0.717) is 42.5 Å². The Morgan fingerprint density at radius 1 is 0.583 bits per heavy atom. The molecule has 0 saturated heterocycles. The summed E-state index contributed by atoms with van der Waals surface area (Å²) in [5.41, 5.74) is 11.6. The first-order chi connectivity index (χ1) is 33.7. The average Bonchev–Trinajstić information content (AvgIpc) is 3.31. The molecular formula is C53H80I2N12O5. The fraction of sp³-hybridized carbons (Fsp3) is 0.547. The third-order valence-electron chi connectivity index (χ3n) is 10.1. The molecule has 0 radical (unpaired) electrons. The third kappa shape index (κ3) is 32.3. The largest absolute Gasteiger partial charge is 1.00 e. The number of allylic oxidation sites excluding steroid dienone is 15. The number of alkyl halides is 1. The Balaban J connectivity index is -0.000000894. The van der Waals surface area contributed by atoms with Gasteiger partial charge in [-0.1, -0.05) is 22.6 Å². The Hall–Kier alpha value is -4.86. The van der Waals surface area contributed by atoms with Gasteiger partial charge in [-0.3, -0.25) is 0 Å². The smallest absolute Gasteiger partial charge is 0.526 e. The van der Waals surface area contributed by atoms with Crippen molar-refractivity contribution in [2.45, 2.75) is 60.8 Å². The van der Waals surface area contributed by atoms with Gasteiger partial charge in [0.05, 0.1) is 77.0 Å². The third-order valence-corrected chi connectivity index (χ3v) is 10.5. The molecule has 3 heterocycles. The highest BCUT2D eigenvalue weighted by Crippen LogP contribution is 2.27. The van der Waals surface area contributed by atoms with Crippen molar-refractivity contribution in [1.82, 2.24) is 19.6 Å². The molecule has 0 aromatic carbocycles. The van der Waals surface area contributed by atoms with E-state index < -0.39 is 0 Å². The van der Waals surface area contributed by atoms with Crippen LogP contribution in [0.3, 0.4) is 0 Å². The van der Waals surface area contributed by atoms with Gasteiger partial charge < -0.3 is 78.2 Å². The van der Waals surface area contributed by atoms with Crippen LogP contribution >= 0.6 is 22.6 Å². The standard InChI is InChI=1S/C19H29N4O2.C15H20N4.C10H8N2O.C5H14N2.C4H9IO2.HI/c1-16-14-18(19(20-3)21-4)15-17(2)22(16)8-7-9-23(5,6)10-12-25-13-11-24;1-12-10-14(15(16-3)17-4)11-13(2)19(12)9-7-8-18(5)6;1-7-5-9(6-8(2)13-7)10(11-3)12-4;1-7(2)5-3-4-6;5-1-3-7-4-2-6;/h14-15,24H,7-13H2,1-2,5-6H3;10-11H,7-9H2,1-2,5-6H3;5-6H,1-2H3;3-6H2,1-2H3;6H,1-4H2;1H/q+1;;;;;/p-1. The van der Waals surface area contributed by atoms with Gasteiger partial charge in [0, 0.05) is 46.7 Å². The maximum atomic E-state index is 8.73. The molecule has 0 atom stereocenters. The monoisotopic (exact) mass is 1220 g/mol.